The molecule has 0 spiro atoms. The molecule has 7 heteroatoms. The largest absolute Gasteiger partial charge is 0.465 e. The zero-order chi connectivity index (χ0) is 18.0. The van der Waals surface area contributed by atoms with Gasteiger partial charge in [-0.15, -0.1) is 11.8 Å². The van der Waals surface area contributed by atoms with Crippen LogP contribution in [0, 0.1) is 0 Å². The first kappa shape index (κ1) is 18.1. The lowest BCUT2D eigenvalue weighted by Crippen LogP contribution is -2.25. The van der Waals surface area contributed by atoms with E-state index in [-0.39, 0.29) is 11.5 Å². The number of thioether (sulfide) groups is 2. The Labute approximate surface area is 155 Å². The highest BCUT2D eigenvalue weighted by atomic mass is 32.2. The van der Waals surface area contributed by atoms with Crippen molar-refractivity contribution < 1.29 is 9.53 Å². The van der Waals surface area contributed by atoms with Crippen molar-refractivity contribution in [1.82, 2.24) is 9.55 Å². The lowest BCUT2D eigenvalue weighted by atomic mass is 10.2. The molecule has 1 aromatic carbocycles. The molecule has 0 bridgehead atoms. The molecule has 5 nitrogen and oxygen atoms in total. The van der Waals surface area contributed by atoms with Crippen LogP contribution >= 0.6 is 23.5 Å². The smallest absolute Gasteiger partial charge is 0.319 e. The van der Waals surface area contributed by atoms with Gasteiger partial charge in [0.25, 0.3) is 5.56 Å². The van der Waals surface area contributed by atoms with Crippen LogP contribution in [0.3, 0.4) is 0 Å². The third-order valence-electron chi connectivity index (χ3n) is 3.80. The molecule has 2 heterocycles. The van der Waals surface area contributed by atoms with Gasteiger partial charge in [0, 0.05) is 11.7 Å². The average Bonchev–Trinajstić information content (AvgIpc) is 2.97. The Balaban J connectivity index is 2.07. The number of ether oxygens (including phenoxy) is 1. The van der Waals surface area contributed by atoms with E-state index in [2.05, 4.69) is 6.92 Å². The van der Waals surface area contributed by atoms with Crippen molar-refractivity contribution in [2.24, 2.45) is 0 Å². The number of carbonyl (C=O) groups excluding carboxylic acids is 1. The summed E-state index contributed by atoms with van der Waals surface area (Å²) in [4.78, 5) is 30.5. The van der Waals surface area contributed by atoms with Crippen molar-refractivity contribution in [1.29, 1.82) is 0 Å². The summed E-state index contributed by atoms with van der Waals surface area (Å²) in [5.41, 5.74) is 1.51. The van der Waals surface area contributed by atoms with Crippen LogP contribution in [0.1, 0.15) is 26.5 Å². The van der Waals surface area contributed by atoms with Crippen molar-refractivity contribution in [2.75, 3.05) is 6.61 Å². The molecule has 0 N–H and O–H groups in total. The SMILES string of the molecule is CCOC(=O)[C@H](C)Sc1nc2c(c(=O)n1-c1ccccc1)S[C@@H](C)C2. The fraction of sp³-hybridized carbons (Fsp3) is 0.389. The number of nitrogens with zero attached hydrogens (tertiary/aromatic N) is 2. The molecule has 1 aromatic heterocycles. The predicted molar refractivity (Wildman–Crippen MR) is 101 cm³/mol. The topological polar surface area (TPSA) is 61.2 Å². The molecule has 0 saturated heterocycles. The normalized spacial score (nSPS) is 17.2. The highest BCUT2D eigenvalue weighted by Crippen LogP contribution is 2.35. The summed E-state index contributed by atoms with van der Waals surface area (Å²) in [7, 11) is 0. The van der Waals surface area contributed by atoms with E-state index in [0.29, 0.717) is 21.9 Å². The number of para-hydroxylation sites is 1. The van der Waals surface area contributed by atoms with E-state index >= 15 is 0 Å². The molecule has 0 fully saturated rings. The van der Waals surface area contributed by atoms with Crippen LogP contribution in [0.5, 0.6) is 0 Å². The second-order valence-corrected chi connectivity index (χ2v) is 8.55. The van der Waals surface area contributed by atoms with Crippen molar-refractivity contribution in [3.63, 3.8) is 0 Å². The Kier molecular flexibility index (Phi) is 5.54. The Hall–Kier alpha value is -1.73. The molecule has 1 aliphatic rings. The van der Waals surface area contributed by atoms with Gasteiger partial charge in [-0.25, -0.2) is 4.98 Å². The fourth-order valence-corrected chi connectivity index (χ4v) is 4.69. The highest BCUT2D eigenvalue weighted by molar-refractivity contribution is 8.00. The maximum atomic E-state index is 13.1. The van der Waals surface area contributed by atoms with Gasteiger partial charge in [-0.2, -0.15) is 0 Å². The molecule has 0 amide bonds. The quantitative estimate of drug-likeness (QED) is 0.453. The second-order valence-electron chi connectivity index (χ2n) is 5.79. The van der Waals surface area contributed by atoms with Gasteiger partial charge in [0.1, 0.15) is 5.25 Å². The summed E-state index contributed by atoms with van der Waals surface area (Å²) >= 11 is 2.83. The van der Waals surface area contributed by atoms with Gasteiger partial charge in [-0.05, 0) is 26.0 Å². The van der Waals surface area contributed by atoms with Crippen LogP contribution in [0.2, 0.25) is 0 Å². The Morgan fingerprint density at radius 1 is 1.44 bits per heavy atom. The van der Waals surface area contributed by atoms with Crippen molar-refractivity contribution in [2.45, 2.75) is 47.7 Å². The Bertz CT molecular complexity index is 836. The minimum Gasteiger partial charge on any atom is -0.465 e. The lowest BCUT2D eigenvalue weighted by Gasteiger charge is -2.16. The number of fused-ring (bicyclic) bond motifs is 1. The van der Waals surface area contributed by atoms with Crippen LogP contribution in [-0.2, 0) is 16.0 Å². The van der Waals surface area contributed by atoms with Crippen LogP contribution in [0.15, 0.2) is 45.2 Å². The van der Waals surface area contributed by atoms with Crippen LogP contribution < -0.4 is 5.56 Å². The monoisotopic (exact) mass is 376 g/mol. The first-order chi connectivity index (χ1) is 12.0. The number of esters is 1. The maximum Gasteiger partial charge on any atom is 0.319 e. The molecule has 2 aromatic rings. The molecule has 3 rings (SSSR count). The van der Waals surface area contributed by atoms with Gasteiger partial charge >= 0.3 is 5.97 Å². The van der Waals surface area contributed by atoms with Crippen molar-refractivity contribution >= 4 is 29.5 Å². The molecule has 0 saturated carbocycles. The minimum absolute atomic E-state index is 0.0656. The fourth-order valence-electron chi connectivity index (χ4n) is 2.65. The molecule has 0 unspecified atom stereocenters. The van der Waals surface area contributed by atoms with E-state index in [9.17, 15) is 9.59 Å². The standard InChI is InChI=1S/C18H20N2O3S2/c1-4-23-17(22)12(3)25-18-19-14-10-11(2)24-15(14)16(21)20(18)13-8-6-5-7-9-13/h5-9,11-12H,4,10H2,1-3H3/t11-,12-/m0/s1. The summed E-state index contributed by atoms with van der Waals surface area (Å²) in [6.45, 7) is 5.98. The van der Waals surface area contributed by atoms with Crippen molar-refractivity contribution in [3.8, 4) is 5.69 Å². The van der Waals surface area contributed by atoms with Gasteiger partial charge in [-0.1, -0.05) is 36.9 Å². The molecule has 0 aliphatic carbocycles. The number of carbonyl (C=O) groups is 1. The number of hydrogen-bond donors (Lipinski definition) is 0. The Morgan fingerprint density at radius 3 is 2.84 bits per heavy atom. The average molecular weight is 377 g/mol. The summed E-state index contributed by atoms with van der Waals surface area (Å²) in [6.07, 6.45) is 0.770. The highest BCUT2D eigenvalue weighted by Gasteiger charge is 2.28. The zero-order valence-corrected chi connectivity index (χ0v) is 16.0. The summed E-state index contributed by atoms with van der Waals surface area (Å²) < 4.78 is 6.68. The van der Waals surface area contributed by atoms with Crippen LogP contribution in [-0.4, -0.2) is 32.6 Å². The third-order valence-corrected chi connectivity index (χ3v) is 6.04. The van der Waals surface area contributed by atoms with Crippen LogP contribution in [0.25, 0.3) is 5.69 Å². The zero-order valence-electron chi connectivity index (χ0n) is 14.4. The van der Waals surface area contributed by atoms with E-state index in [1.807, 2.05) is 30.3 Å². The lowest BCUT2D eigenvalue weighted by molar-refractivity contribution is -0.142. The number of benzene rings is 1. The molecule has 0 radical (unpaired) electrons. The van der Waals surface area contributed by atoms with E-state index in [1.54, 1.807) is 30.2 Å². The molecule has 132 valence electrons. The molecular weight excluding hydrogens is 356 g/mol. The summed E-state index contributed by atoms with van der Waals surface area (Å²) in [5.74, 6) is -0.301. The molecular formula is C18H20N2O3S2. The number of rotatable bonds is 5. The third kappa shape index (κ3) is 3.77. The first-order valence-electron chi connectivity index (χ1n) is 8.22. The maximum absolute atomic E-state index is 13.1. The van der Waals surface area contributed by atoms with Crippen molar-refractivity contribution in [3.05, 3.63) is 46.4 Å². The number of hydrogen-bond acceptors (Lipinski definition) is 6. The summed E-state index contributed by atoms with van der Waals surface area (Å²) in [6, 6.07) is 9.41. The van der Waals surface area contributed by atoms with Gasteiger partial charge in [0.15, 0.2) is 5.16 Å². The number of aromatic nitrogens is 2. The first-order valence-corrected chi connectivity index (χ1v) is 9.98. The van der Waals surface area contributed by atoms with Crippen LogP contribution in [0.4, 0.5) is 0 Å². The second kappa shape index (κ2) is 7.66. The van der Waals surface area contributed by atoms with Gasteiger partial charge in [0.05, 0.1) is 22.9 Å². The molecule has 1 aliphatic heterocycles. The molecule has 25 heavy (non-hydrogen) atoms. The minimum atomic E-state index is -0.439. The molecule has 2 atom stereocenters. The summed E-state index contributed by atoms with van der Waals surface area (Å²) in [5, 5.41) is 0.429. The predicted octanol–water partition coefficient (Wildman–Crippen LogP) is 3.31. The van der Waals surface area contributed by atoms with E-state index in [1.165, 1.54) is 11.8 Å². The van der Waals surface area contributed by atoms with Gasteiger partial charge < -0.3 is 4.74 Å². The van der Waals surface area contributed by atoms with E-state index < -0.39 is 5.25 Å². The van der Waals surface area contributed by atoms with Gasteiger partial charge in [0.2, 0.25) is 0 Å². The van der Waals surface area contributed by atoms with E-state index in [4.69, 9.17) is 9.72 Å². The van der Waals surface area contributed by atoms with Gasteiger partial charge in [-0.3, -0.25) is 14.2 Å². The Morgan fingerprint density at radius 2 is 2.16 bits per heavy atom. The van der Waals surface area contributed by atoms with E-state index in [0.717, 1.165) is 17.8 Å².